The van der Waals surface area contributed by atoms with Crippen molar-refractivity contribution in [3.05, 3.63) is 0 Å². The predicted molar refractivity (Wildman–Crippen MR) is 25.3 cm³/mol. The van der Waals surface area contributed by atoms with Crippen molar-refractivity contribution in [3.63, 3.8) is 0 Å². The summed E-state index contributed by atoms with van der Waals surface area (Å²) in [5.74, 6) is 1.23. The van der Waals surface area contributed by atoms with E-state index in [0.29, 0.717) is 6.92 Å². The molecule has 0 heterocycles. The molecule has 0 aromatic rings. The van der Waals surface area contributed by atoms with E-state index in [1.54, 1.807) is 0 Å². The minimum atomic E-state index is -2.93. The third-order valence-corrected chi connectivity index (χ3v) is 0.932. The van der Waals surface area contributed by atoms with Gasteiger partial charge in [0.2, 0.25) is 0 Å². The van der Waals surface area contributed by atoms with Crippen molar-refractivity contribution in [2.24, 2.45) is 0 Å². The first-order valence-electron chi connectivity index (χ1n) is 2.16. The van der Waals surface area contributed by atoms with Gasteiger partial charge in [0.05, 0.1) is 10.7 Å². The van der Waals surface area contributed by atoms with Crippen LogP contribution in [0.1, 0.15) is 6.92 Å². The lowest BCUT2D eigenvalue weighted by Gasteiger charge is -2.21. The van der Waals surface area contributed by atoms with E-state index in [1.165, 1.54) is 5.92 Å². The summed E-state index contributed by atoms with van der Waals surface area (Å²) in [5, 5.41) is -3.49. The van der Waals surface area contributed by atoms with Crippen molar-refractivity contribution in [1.29, 1.82) is 0 Å². The summed E-state index contributed by atoms with van der Waals surface area (Å²) >= 11 is 0. The molecule has 0 atom stereocenters. The van der Waals surface area contributed by atoms with Gasteiger partial charge in [-0.05, 0) is 6.92 Å². The van der Waals surface area contributed by atoms with E-state index < -0.39 is 16.4 Å². The number of hydrogen-bond donors (Lipinski definition) is 0. The van der Waals surface area contributed by atoms with Crippen LogP contribution in [0.4, 0.5) is 17.9 Å². The van der Waals surface area contributed by atoms with E-state index in [2.05, 4.69) is 6.42 Å². The molecule has 0 N–H and O–H groups in total. The Morgan fingerprint density at radius 3 is 1.50 bits per heavy atom. The monoisotopic (exact) mass is 156 g/mol. The Labute approximate surface area is 54.8 Å². The summed E-state index contributed by atoms with van der Waals surface area (Å²) in [5.41, 5.74) is -2.93. The highest BCUT2D eigenvalue weighted by Gasteiger charge is 2.40. The standard InChI is InChI=1S/C4H4F4N2/c1-3-4(2,9(5)6)10(7)8/h1H,2H3. The highest BCUT2D eigenvalue weighted by Crippen LogP contribution is 2.21. The Morgan fingerprint density at radius 1 is 1.20 bits per heavy atom. The van der Waals surface area contributed by atoms with Gasteiger partial charge in [-0.15, -0.1) is 6.42 Å². The van der Waals surface area contributed by atoms with Crippen LogP contribution in [-0.4, -0.2) is 16.4 Å². The van der Waals surface area contributed by atoms with Crippen LogP contribution in [0.2, 0.25) is 0 Å². The highest BCUT2D eigenvalue weighted by atomic mass is 19.4. The van der Waals surface area contributed by atoms with Gasteiger partial charge in [0.15, 0.2) is 0 Å². The molecule has 10 heavy (non-hydrogen) atoms. The van der Waals surface area contributed by atoms with Crippen LogP contribution >= 0.6 is 0 Å². The normalized spacial score (nSPS) is 12.2. The van der Waals surface area contributed by atoms with Crippen LogP contribution in [-0.2, 0) is 0 Å². The largest absolute Gasteiger partial charge is 0.252 e. The molecule has 0 aromatic carbocycles. The first-order valence-corrected chi connectivity index (χ1v) is 2.16. The van der Waals surface area contributed by atoms with Crippen LogP contribution < -0.4 is 0 Å². The van der Waals surface area contributed by atoms with E-state index in [9.17, 15) is 17.9 Å². The molecular formula is C4H4F4N2. The maximum atomic E-state index is 11.5. The van der Waals surface area contributed by atoms with Crippen LogP contribution in [0.15, 0.2) is 0 Å². The van der Waals surface area contributed by atoms with Gasteiger partial charge < -0.3 is 0 Å². The fourth-order valence-corrected chi connectivity index (χ4v) is 0.155. The Hall–Kier alpha value is -0.800. The zero-order chi connectivity index (χ0) is 8.36. The molecule has 0 aliphatic rings. The number of terminal acetylenes is 1. The highest BCUT2D eigenvalue weighted by molar-refractivity contribution is 5.04. The molecule has 0 aliphatic heterocycles. The van der Waals surface area contributed by atoms with Crippen molar-refractivity contribution in [2.75, 3.05) is 0 Å². The summed E-state index contributed by atoms with van der Waals surface area (Å²) in [6.07, 6.45) is 4.42. The number of rotatable bonds is 2. The lowest BCUT2D eigenvalue weighted by atomic mass is 10.2. The summed E-state index contributed by atoms with van der Waals surface area (Å²) in [6, 6.07) is 0. The first-order chi connectivity index (χ1) is 4.45. The number of halogens is 4. The second-order valence-corrected chi connectivity index (χ2v) is 1.63. The number of hydrogen-bond acceptors (Lipinski definition) is 2. The van der Waals surface area contributed by atoms with Crippen molar-refractivity contribution in [3.8, 4) is 12.3 Å². The fourth-order valence-electron chi connectivity index (χ4n) is 0.155. The third-order valence-electron chi connectivity index (χ3n) is 0.932. The smallest absolute Gasteiger partial charge is 0.116 e. The minimum absolute atomic E-state index is 0.507. The van der Waals surface area contributed by atoms with Gasteiger partial charge >= 0.3 is 0 Å². The molecule has 0 aromatic heterocycles. The summed E-state index contributed by atoms with van der Waals surface area (Å²) < 4.78 is 46.0. The lowest BCUT2D eigenvalue weighted by Crippen LogP contribution is -2.44. The van der Waals surface area contributed by atoms with Crippen molar-refractivity contribution >= 4 is 0 Å². The van der Waals surface area contributed by atoms with Crippen molar-refractivity contribution in [2.45, 2.75) is 12.6 Å². The average Bonchev–Trinajstić information content (AvgIpc) is 1.85. The molecule has 0 spiro atoms. The molecule has 2 nitrogen and oxygen atoms in total. The summed E-state index contributed by atoms with van der Waals surface area (Å²) in [6.45, 7) is 0.507. The van der Waals surface area contributed by atoms with Gasteiger partial charge in [-0.2, -0.15) is 0 Å². The number of nitrogens with zero attached hydrogens (tertiary/aromatic N) is 2. The molecule has 58 valence electrons. The van der Waals surface area contributed by atoms with Crippen LogP contribution in [0, 0.1) is 12.3 Å². The minimum Gasteiger partial charge on any atom is -0.116 e. The lowest BCUT2D eigenvalue weighted by molar-refractivity contribution is -0.343. The van der Waals surface area contributed by atoms with Gasteiger partial charge in [-0.3, -0.25) is 0 Å². The second kappa shape index (κ2) is 2.86. The van der Waals surface area contributed by atoms with Crippen molar-refractivity contribution in [1.82, 2.24) is 10.7 Å². The predicted octanol–water partition coefficient (Wildman–Crippen LogP) is 1.48. The third kappa shape index (κ3) is 1.37. The van der Waals surface area contributed by atoms with Crippen molar-refractivity contribution < 1.29 is 17.9 Å². The maximum absolute atomic E-state index is 11.5. The van der Waals surface area contributed by atoms with E-state index in [0.717, 1.165) is 0 Å². The van der Waals surface area contributed by atoms with Crippen LogP contribution in [0.5, 0.6) is 0 Å². The Kier molecular flexibility index (Phi) is 2.63. The molecule has 0 saturated carbocycles. The van der Waals surface area contributed by atoms with Gasteiger partial charge in [-0.1, -0.05) is 23.8 Å². The quantitative estimate of drug-likeness (QED) is 0.258. The Morgan fingerprint density at radius 2 is 1.50 bits per heavy atom. The van der Waals surface area contributed by atoms with Gasteiger partial charge in [-0.25, -0.2) is 0 Å². The topological polar surface area (TPSA) is 6.48 Å². The fraction of sp³-hybridized carbons (Fsp3) is 0.500. The molecule has 0 amide bonds. The second-order valence-electron chi connectivity index (χ2n) is 1.63. The Balaban J connectivity index is 4.43. The molecule has 0 fully saturated rings. The van der Waals surface area contributed by atoms with Gasteiger partial charge in [0.1, 0.15) is 0 Å². The van der Waals surface area contributed by atoms with E-state index in [1.807, 2.05) is 0 Å². The van der Waals surface area contributed by atoms with Crippen LogP contribution in [0.3, 0.4) is 0 Å². The molecule has 0 aliphatic carbocycles. The van der Waals surface area contributed by atoms with Gasteiger partial charge in [0, 0.05) is 0 Å². The molecular weight excluding hydrogens is 152 g/mol. The van der Waals surface area contributed by atoms with Crippen LogP contribution in [0.25, 0.3) is 0 Å². The molecule has 6 heteroatoms. The molecule has 0 saturated heterocycles. The summed E-state index contributed by atoms with van der Waals surface area (Å²) in [7, 11) is 0. The first kappa shape index (κ1) is 9.20. The molecule has 0 radical (unpaired) electrons. The molecule has 0 unspecified atom stereocenters. The zero-order valence-electron chi connectivity index (χ0n) is 4.98. The van der Waals surface area contributed by atoms with E-state index in [-0.39, 0.29) is 0 Å². The average molecular weight is 156 g/mol. The Bertz CT molecular complexity index is 142. The summed E-state index contributed by atoms with van der Waals surface area (Å²) in [4.78, 5) is 0. The van der Waals surface area contributed by atoms with Gasteiger partial charge in [0.25, 0.3) is 5.66 Å². The molecule has 0 bridgehead atoms. The van der Waals surface area contributed by atoms with E-state index in [4.69, 9.17) is 0 Å². The maximum Gasteiger partial charge on any atom is 0.252 e. The van der Waals surface area contributed by atoms with E-state index >= 15 is 0 Å². The zero-order valence-corrected chi connectivity index (χ0v) is 4.98. The molecule has 0 rings (SSSR count). The SMILES string of the molecule is C#CC(C)(N(F)F)N(F)F.